The van der Waals surface area contributed by atoms with Gasteiger partial charge in [0.25, 0.3) is 5.91 Å². The van der Waals surface area contributed by atoms with Gasteiger partial charge in [-0.25, -0.2) is 9.97 Å². The molecule has 148 valence electrons. The Kier molecular flexibility index (Phi) is 5.31. The lowest BCUT2D eigenvalue weighted by molar-refractivity contribution is 0.0726. The molecule has 0 aliphatic carbocycles. The van der Waals surface area contributed by atoms with Gasteiger partial charge in [0.05, 0.1) is 24.8 Å². The molecular formula is C22H28N4O2. The van der Waals surface area contributed by atoms with E-state index in [1.54, 1.807) is 7.11 Å². The number of fused-ring (bicyclic) bond motifs is 1. The Morgan fingerprint density at radius 1 is 1.11 bits per heavy atom. The lowest BCUT2D eigenvalue weighted by atomic mass is 9.93. The molecule has 2 aliphatic rings. The van der Waals surface area contributed by atoms with Crippen LogP contribution in [0.15, 0.2) is 30.3 Å². The molecule has 1 unspecified atom stereocenters. The number of amides is 1. The molecule has 0 spiro atoms. The topological polar surface area (TPSA) is 58.6 Å². The average molecular weight is 380 g/mol. The highest BCUT2D eigenvalue weighted by molar-refractivity contribution is 5.97. The number of nitrogens with zero attached hydrogens (tertiary/aromatic N) is 4. The highest BCUT2D eigenvalue weighted by atomic mass is 16.5. The monoisotopic (exact) mass is 380 g/mol. The summed E-state index contributed by atoms with van der Waals surface area (Å²) in [6, 6.07) is 10.4. The van der Waals surface area contributed by atoms with E-state index in [0.29, 0.717) is 24.8 Å². The number of carbonyl (C=O) groups excluding carboxylic acids is 1. The van der Waals surface area contributed by atoms with Crippen molar-refractivity contribution in [2.45, 2.75) is 45.2 Å². The number of hydrogen-bond donors (Lipinski definition) is 0. The summed E-state index contributed by atoms with van der Waals surface area (Å²) in [5.41, 5.74) is 3.59. The Morgan fingerprint density at radius 3 is 2.46 bits per heavy atom. The van der Waals surface area contributed by atoms with Gasteiger partial charge in [-0.1, -0.05) is 30.3 Å². The van der Waals surface area contributed by atoms with Crippen LogP contribution in [0.3, 0.4) is 0 Å². The Bertz CT molecular complexity index is 847. The second-order valence-corrected chi connectivity index (χ2v) is 7.88. The van der Waals surface area contributed by atoms with Gasteiger partial charge in [0, 0.05) is 31.8 Å². The summed E-state index contributed by atoms with van der Waals surface area (Å²) < 4.78 is 5.57. The minimum atomic E-state index is -0.0239. The first kappa shape index (κ1) is 18.9. The van der Waals surface area contributed by atoms with Gasteiger partial charge in [-0.2, -0.15) is 0 Å². The third-order valence-electron chi connectivity index (χ3n) is 5.70. The third kappa shape index (κ3) is 3.37. The lowest BCUT2D eigenvalue weighted by Gasteiger charge is -2.22. The predicted molar refractivity (Wildman–Crippen MR) is 109 cm³/mol. The van der Waals surface area contributed by atoms with Crippen LogP contribution in [0.1, 0.15) is 59.9 Å². The minimum Gasteiger partial charge on any atom is -0.384 e. The molecule has 1 amide bonds. The maximum atomic E-state index is 13.1. The van der Waals surface area contributed by atoms with Crippen molar-refractivity contribution in [3.05, 3.63) is 52.8 Å². The second kappa shape index (κ2) is 7.87. The SMILES string of the molecule is COCC(c1ccccc1)c1nc(N2CCCC2)nc2c1CN(C(C)C)C2=O. The summed E-state index contributed by atoms with van der Waals surface area (Å²) in [6.45, 7) is 7.06. The van der Waals surface area contributed by atoms with Gasteiger partial charge in [0.2, 0.25) is 5.95 Å². The first-order valence-corrected chi connectivity index (χ1v) is 10.1. The molecule has 1 atom stereocenters. The van der Waals surface area contributed by atoms with Gasteiger partial charge in [-0.15, -0.1) is 0 Å². The summed E-state index contributed by atoms with van der Waals surface area (Å²) in [4.78, 5) is 26.9. The fourth-order valence-corrected chi connectivity index (χ4v) is 4.15. The van der Waals surface area contributed by atoms with E-state index in [4.69, 9.17) is 14.7 Å². The summed E-state index contributed by atoms with van der Waals surface area (Å²) in [7, 11) is 1.71. The molecule has 0 saturated carbocycles. The fraction of sp³-hybridized carbons (Fsp3) is 0.500. The summed E-state index contributed by atoms with van der Waals surface area (Å²) in [6.07, 6.45) is 2.28. The van der Waals surface area contributed by atoms with E-state index < -0.39 is 0 Å². The van der Waals surface area contributed by atoms with Crippen molar-refractivity contribution in [3.8, 4) is 0 Å². The number of benzene rings is 1. The molecule has 6 nitrogen and oxygen atoms in total. The largest absolute Gasteiger partial charge is 0.384 e. The zero-order chi connectivity index (χ0) is 19.7. The van der Waals surface area contributed by atoms with E-state index in [-0.39, 0.29) is 17.9 Å². The maximum Gasteiger partial charge on any atom is 0.273 e. The Balaban J connectivity index is 1.85. The van der Waals surface area contributed by atoms with Crippen molar-refractivity contribution in [2.75, 3.05) is 31.7 Å². The molecule has 0 bridgehead atoms. The molecular weight excluding hydrogens is 352 g/mol. The Hall–Kier alpha value is -2.47. The molecule has 1 aromatic carbocycles. The van der Waals surface area contributed by atoms with Crippen LogP contribution in [-0.2, 0) is 11.3 Å². The van der Waals surface area contributed by atoms with Crippen LogP contribution >= 0.6 is 0 Å². The normalized spacial score (nSPS) is 17.5. The molecule has 28 heavy (non-hydrogen) atoms. The van der Waals surface area contributed by atoms with E-state index in [1.165, 1.54) is 0 Å². The molecule has 1 fully saturated rings. The number of ether oxygens (including phenoxy) is 1. The number of methoxy groups -OCH3 is 1. The van der Waals surface area contributed by atoms with E-state index in [2.05, 4.69) is 17.0 Å². The average Bonchev–Trinajstić information content (AvgIpc) is 3.35. The van der Waals surface area contributed by atoms with E-state index in [0.717, 1.165) is 42.8 Å². The molecule has 6 heteroatoms. The van der Waals surface area contributed by atoms with E-state index in [1.807, 2.05) is 36.9 Å². The van der Waals surface area contributed by atoms with Crippen LogP contribution in [0.25, 0.3) is 0 Å². The zero-order valence-corrected chi connectivity index (χ0v) is 16.9. The Morgan fingerprint density at radius 2 is 1.82 bits per heavy atom. The number of aromatic nitrogens is 2. The van der Waals surface area contributed by atoms with Gasteiger partial charge in [-0.05, 0) is 32.3 Å². The second-order valence-electron chi connectivity index (χ2n) is 7.88. The zero-order valence-electron chi connectivity index (χ0n) is 16.9. The maximum absolute atomic E-state index is 13.1. The standard InChI is InChI=1S/C22H28N4O2/c1-15(2)26-13-17-19(18(14-28-3)16-9-5-4-6-10-16)23-22(24-20(17)21(26)27)25-11-7-8-12-25/h4-6,9-10,15,18H,7-8,11-14H2,1-3H3. The summed E-state index contributed by atoms with van der Waals surface area (Å²) in [5.74, 6) is 0.671. The van der Waals surface area contributed by atoms with Gasteiger partial charge >= 0.3 is 0 Å². The van der Waals surface area contributed by atoms with Crippen molar-refractivity contribution in [1.29, 1.82) is 0 Å². The van der Waals surface area contributed by atoms with Crippen molar-refractivity contribution in [2.24, 2.45) is 0 Å². The molecule has 1 aromatic heterocycles. The van der Waals surface area contributed by atoms with Crippen LogP contribution in [0.5, 0.6) is 0 Å². The fourth-order valence-electron chi connectivity index (χ4n) is 4.15. The number of rotatable bonds is 6. The lowest BCUT2D eigenvalue weighted by Crippen LogP contribution is -2.31. The molecule has 2 aromatic rings. The third-order valence-corrected chi connectivity index (χ3v) is 5.70. The van der Waals surface area contributed by atoms with Gasteiger partial charge < -0.3 is 14.5 Å². The van der Waals surface area contributed by atoms with Crippen LogP contribution in [0, 0.1) is 0 Å². The first-order valence-electron chi connectivity index (χ1n) is 10.1. The number of anilines is 1. The molecule has 2 aliphatic heterocycles. The molecule has 1 saturated heterocycles. The smallest absolute Gasteiger partial charge is 0.273 e. The highest BCUT2D eigenvalue weighted by Crippen LogP contribution is 2.34. The molecule has 0 N–H and O–H groups in total. The van der Waals surface area contributed by atoms with Gasteiger partial charge in [-0.3, -0.25) is 4.79 Å². The van der Waals surface area contributed by atoms with Crippen LogP contribution in [0.4, 0.5) is 5.95 Å². The Labute approximate surface area is 166 Å². The predicted octanol–water partition coefficient (Wildman–Crippen LogP) is 3.22. The highest BCUT2D eigenvalue weighted by Gasteiger charge is 2.37. The molecule has 0 radical (unpaired) electrons. The number of hydrogen-bond acceptors (Lipinski definition) is 5. The number of carbonyl (C=O) groups is 1. The van der Waals surface area contributed by atoms with Crippen LogP contribution < -0.4 is 4.90 Å². The van der Waals surface area contributed by atoms with Crippen molar-refractivity contribution in [1.82, 2.24) is 14.9 Å². The van der Waals surface area contributed by atoms with Crippen molar-refractivity contribution in [3.63, 3.8) is 0 Å². The first-order chi connectivity index (χ1) is 13.6. The summed E-state index contributed by atoms with van der Waals surface area (Å²) in [5, 5.41) is 0. The van der Waals surface area contributed by atoms with Crippen molar-refractivity contribution < 1.29 is 9.53 Å². The summed E-state index contributed by atoms with van der Waals surface area (Å²) >= 11 is 0. The molecule has 3 heterocycles. The van der Waals surface area contributed by atoms with Gasteiger partial charge in [0.1, 0.15) is 5.69 Å². The van der Waals surface area contributed by atoms with Crippen molar-refractivity contribution >= 4 is 11.9 Å². The quantitative estimate of drug-likeness (QED) is 0.770. The van der Waals surface area contributed by atoms with Gasteiger partial charge in [0.15, 0.2) is 0 Å². The minimum absolute atomic E-state index is 0.0123. The van der Waals surface area contributed by atoms with E-state index >= 15 is 0 Å². The molecule has 4 rings (SSSR count). The van der Waals surface area contributed by atoms with E-state index in [9.17, 15) is 4.79 Å². The van der Waals surface area contributed by atoms with Crippen LogP contribution in [-0.4, -0.2) is 53.6 Å². The van der Waals surface area contributed by atoms with Crippen LogP contribution in [0.2, 0.25) is 0 Å².